The summed E-state index contributed by atoms with van der Waals surface area (Å²) in [7, 11) is -3.47. The molecule has 0 unspecified atom stereocenters. The second-order valence-electron chi connectivity index (χ2n) is 5.87. The van der Waals surface area contributed by atoms with Crippen molar-refractivity contribution in [2.45, 2.75) is 24.7 Å². The summed E-state index contributed by atoms with van der Waals surface area (Å²) in [6.45, 7) is 6.11. The van der Waals surface area contributed by atoms with Gasteiger partial charge in [0, 0.05) is 26.2 Å². The highest BCUT2D eigenvalue weighted by Crippen LogP contribution is 2.21. The Balaban J connectivity index is 2.06. The topological polar surface area (TPSA) is 83.7 Å². The first-order valence-electron chi connectivity index (χ1n) is 7.41. The van der Waals surface area contributed by atoms with Crippen molar-refractivity contribution >= 4 is 15.9 Å². The summed E-state index contributed by atoms with van der Waals surface area (Å²) in [5.41, 5.74) is 6.28. The molecule has 0 bridgehead atoms. The molecular weight excluding hydrogens is 302 g/mol. The van der Waals surface area contributed by atoms with Gasteiger partial charge in [-0.25, -0.2) is 8.42 Å². The molecule has 6 nitrogen and oxygen atoms in total. The van der Waals surface area contributed by atoms with Crippen molar-refractivity contribution in [3.63, 3.8) is 0 Å². The number of nitrogens with two attached hydrogens (primary N) is 1. The molecule has 0 aromatic heterocycles. The first kappa shape index (κ1) is 16.9. The lowest BCUT2D eigenvalue weighted by Crippen LogP contribution is -2.50. The van der Waals surface area contributed by atoms with Crippen LogP contribution in [0, 0.1) is 0 Å². The lowest BCUT2D eigenvalue weighted by molar-refractivity contribution is -0.119. The average Bonchev–Trinajstić information content (AvgIpc) is 2.47. The van der Waals surface area contributed by atoms with Crippen LogP contribution in [-0.4, -0.2) is 56.3 Å². The van der Waals surface area contributed by atoms with Gasteiger partial charge in [-0.15, -0.1) is 0 Å². The lowest BCUT2D eigenvalue weighted by atomic mass is 10.0. The smallest absolute Gasteiger partial charge is 0.243 e. The molecule has 22 heavy (non-hydrogen) atoms. The van der Waals surface area contributed by atoms with Crippen molar-refractivity contribution in [2.24, 2.45) is 5.73 Å². The van der Waals surface area contributed by atoms with E-state index in [9.17, 15) is 13.2 Å². The van der Waals surface area contributed by atoms with E-state index in [2.05, 4.69) is 13.8 Å². The minimum atomic E-state index is -3.47. The summed E-state index contributed by atoms with van der Waals surface area (Å²) in [5.74, 6) is -0.0188. The van der Waals surface area contributed by atoms with Crippen LogP contribution in [0.5, 0.6) is 0 Å². The summed E-state index contributed by atoms with van der Waals surface area (Å²) in [6, 6.07) is 7.06. The number of rotatable bonds is 5. The first-order valence-corrected chi connectivity index (χ1v) is 8.85. The number of primary amides is 1. The first-order chi connectivity index (χ1) is 10.3. The molecule has 0 saturated carbocycles. The van der Waals surface area contributed by atoms with Crippen LogP contribution < -0.4 is 5.73 Å². The highest BCUT2D eigenvalue weighted by atomic mass is 32.2. The van der Waals surface area contributed by atoms with Crippen LogP contribution in [-0.2, 0) is 14.8 Å². The highest BCUT2D eigenvalue weighted by Gasteiger charge is 2.28. The quantitative estimate of drug-likeness (QED) is 0.859. The maximum Gasteiger partial charge on any atom is 0.243 e. The summed E-state index contributed by atoms with van der Waals surface area (Å²) in [5, 5.41) is 0. The number of carbonyl (C=O) groups is 1. The maximum absolute atomic E-state index is 12.6. The Morgan fingerprint density at radius 1 is 1.14 bits per heavy atom. The Labute approximate surface area is 131 Å². The fourth-order valence-corrected chi connectivity index (χ4v) is 3.94. The highest BCUT2D eigenvalue weighted by molar-refractivity contribution is 7.89. The molecule has 0 atom stereocenters. The summed E-state index contributed by atoms with van der Waals surface area (Å²) in [4.78, 5) is 13.1. The Bertz CT molecular complexity index is 618. The lowest BCUT2D eigenvalue weighted by Gasteiger charge is -2.33. The van der Waals surface area contributed by atoms with Crippen molar-refractivity contribution in [1.82, 2.24) is 9.21 Å². The number of hydrogen-bond donors (Lipinski definition) is 1. The van der Waals surface area contributed by atoms with Crippen molar-refractivity contribution in [3.05, 3.63) is 29.8 Å². The van der Waals surface area contributed by atoms with Crippen molar-refractivity contribution < 1.29 is 13.2 Å². The predicted octanol–water partition coefficient (Wildman–Crippen LogP) is 0.602. The predicted molar refractivity (Wildman–Crippen MR) is 84.9 cm³/mol. The zero-order valence-electron chi connectivity index (χ0n) is 13.0. The molecule has 122 valence electrons. The maximum atomic E-state index is 12.6. The van der Waals surface area contributed by atoms with E-state index in [-0.39, 0.29) is 12.5 Å². The van der Waals surface area contributed by atoms with Crippen LogP contribution in [0.25, 0.3) is 0 Å². The average molecular weight is 325 g/mol. The van der Waals surface area contributed by atoms with Crippen LogP contribution in [0.4, 0.5) is 0 Å². The molecule has 1 amide bonds. The van der Waals surface area contributed by atoms with Crippen LogP contribution >= 0.6 is 0 Å². The molecule has 0 radical (unpaired) electrons. The Morgan fingerprint density at radius 3 is 2.14 bits per heavy atom. The minimum absolute atomic E-state index is 0.178. The molecule has 0 aliphatic carbocycles. The van der Waals surface area contributed by atoms with Crippen LogP contribution in [0.3, 0.4) is 0 Å². The molecule has 1 saturated heterocycles. The van der Waals surface area contributed by atoms with Gasteiger partial charge in [0.2, 0.25) is 15.9 Å². The van der Waals surface area contributed by atoms with Crippen LogP contribution in [0.1, 0.15) is 25.3 Å². The zero-order chi connectivity index (χ0) is 16.3. The number of carbonyl (C=O) groups excluding carboxylic acids is 1. The molecule has 2 N–H and O–H groups in total. The fourth-order valence-electron chi connectivity index (χ4n) is 2.52. The second-order valence-corrected chi connectivity index (χ2v) is 7.81. The normalized spacial score (nSPS) is 17.8. The molecule has 1 aromatic rings. The van der Waals surface area contributed by atoms with E-state index in [1.54, 1.807) is 12.1 Å². The van der Waals surface area contributed by atoms with E-state index in [1.165, 1.54) is 4.31 Å². The zero-order valence-corrected chi connectivity index (χ0v) is 13.8. The Morgan fingerprint density at radius 2 is 1.68 bits per heavy atom. The van der Waals surface area contributed by atoms with E-state index < -0.39 is 10.0 Å². The number of benzene rings is 1. The SMILES string of the molecule is CC(C)c1ccc(S(=O)(=O)N2CCN(CC(N)=O)CC2)cc1. The van der Waals surface area contributed by atoms with Gasteiger partial charge in [-0.05, 0) is 23.6 Å². The molecule has 2 rings (SSSR count). The molecular formula is C15H23N3O3S. The number of nitrogens with zero attached hydrogens (tertiary/aromatic N) is 2. The fraction of sp³-hybridized carbons (Fsp3) is 0.533. The third-order valence-electron chi connectivity index (χ3n) is 3.90. The molecule has 1 heterocycles. The number of amides is 1. The second kappa shape index (κ2) is 6.76. The van der Waals surface area contributed by atoms with E-state index >= 15 is 0 Å². The summed E-state index contributed by atoms with van der Waals surface area (Å²) < 4.78 is 26.7. The van der Waals surface area contributed by atoms with E-state index in [1.807, 2.05) is 17.0 Å². The van der Waals surface area contributed by atoms with Crippen molar-refractivity contribution in [3.8, 4) is 0 Å². The molecule has 1 aromatic carbocycles. The summed E-state index contributed by atoms with van der Waals surface area (Å²) >= 11 is 0. The van der Waals surface area contributed by atoms with Gasteiger partial charge in [-0.2, -0.15) is 4.31 Å². The Kier molecular flexibility index (Phi) is 5.20. The standard InChI is InChI=1S/C15H23N3O3S/c1-12(2)13-3-5-14(6-4-13)22(20,21)18-9-7-17(8-10-18)11-15(16)19/h3-6,12H,7-11H2,1-2H3,(H2,16,19). The largest absolute Gasteiger partial charge is 0.369 e. The van der Waals surface area contributed by atoms with E-state index in [4.69, 9.17) is 5.73 Å². The number of hydrogen-bond acceptors (Lipinski definition) is 4. The van der Waals surface area contributed by atoms with E-state index in [0.29, 0.717) is 37.0 Å². The van der Waals surface area contributed by atoms with Crippen LogP contribution in [0.15, 0.2) is 29.2 Å². The monoisotopic (exact) mass is 325 g/mol. The van der Waals surface area contributed by atoms with Gasteiger partial charge < -0.3 is 5.73 Å². The molecule has 1 aliphatic heterocycles. The third-order valence-corrected chi connectivity index (χ3v) is 5.81. The van der Waals surface area contributed by atoms with E-state index in [0.717, 1.165) is 5.56 Å². The number of piperazine rings is 1. The van der Waals surface area contributed by atoms with Gasteiger partial charge >= 0.3 is 0 Å². The van der Waals surface area contributed by atoms with Crippen LogP contribution in [0.2, 0.25) is 0 Å². The van der Waals surface area contributed by atoms with Gasteiger partial charge in [0.25, 0.3) is 0 Å². The molecule has 1 aliphatic rings. The molecule has 7 heteroatoms. The minimum Gasteiger partial charge on any atom is -0.369 e. The van der Waals surface area contributed by atoms with Gasteiger partial charge in [0.1, 0.15) is 0 Å². The summed E-state index contributed by atoms with van der Waals surface area (Å²) in [6.07, 6.45) is 0. The number of sulfonamides is 1. The van der Waals surface area contributed by atoms with Crippen molar-refractivity contribution in [1.29, 1.82) is 0 Å². The van der Waals surface area contributed by atoms with Crippen molar-refractivity contribution in [2.75, 3.05) is 32.7 Å². The molecule has 1 fully saturated rings. The van der Waals surface area contributed by atoms with Gasteiger partial charge in [-0.1, -0.05) is 26.0 Å². The van der Waals surface area contributed by atoms with Gasteiger partial charge in [-0.3, -0.25) is 9.69 Å². The van der Waals surface area contributed by atoms with Gasteiger partial charge in [0.15, 0.2) is 0 Å². The molecule has 0 spiro atoms. The van der Waals surface area contributed by atoms with Gasteiger partial charge in [0.05, 0.1) is 11.4 Å². The Hall–Kier alpha value is -1.44. The third kappa shape index (κ3) is 3.85.